The largest absolute Gasteiger partial charge is 0.394 e. The van der Waals surface area contributed by atoms with E-state index in [1.165, 1.54) is 0 Å². The van der Waals surface area contributed by atoms with Crippen LogP contribution in [0.15, 0.2) is 11.6 Å². The number of aliphatic hydroxyl groups is 14. The predicted molar refractivity (Wildman–Crippen MR) is 260 cm³/mol. The van der Waals surface area contributed by atoms with Crippen molar-refractivity contribution in [2.45, 2.75) is 248 Å². The van der Waals surface area contributed by atoms with Crippen LogP contribution in [-0.2, 0) is 37.9 Å². The average molecular weight is 1080 g/mol. The molecule has 14 N–H and O–H groups in total. The van der Waals surface area contributed by atoms with E-state index in [-0.39, 0.29) is 41.1 Å². The Balaban J connectivity index is 1.01. The van der Waals surface area contributed by atoms with Crippen LogP contribution >= 0.6 is 0 Å². The maximum atomic E-state index is 12.9. The summed E-state index contributed by atoms with van der Waals surface area (Å²) in [6, 6.07) is 0. The molecule has 4 saturated carbocycles. The second-order valence-corrected chi connectivity index (χ2v) is 25.3. The van der Waals surface area contributed by atoms with Crippen molar-refractivity contribution < 1.29 is 109 Å². The van der Waals surface area contributed by atoms with E-state index in [2.05, 4.69) is 40.7 Å². The second kappa shape index (κ2) is 22.7. The first kappa shape index (κ1) is 60.0. The Hall–Kier alpha value is -1.14. The van der Waals surface area contributed by atoms with Gasteiger partial charge in [0, 0.05) is 0 Å². The van der Waals surface area contributed by atoms with Gasteiger partial charge in [-0.3, -0.25) is 0 Å². The van der Waals surface area contributed by atoms with Crippen molar-refractivity contribution in [3.05, 3.63) is 11.6 Å². The minimum absolute atomic E-state index is 0.0590. The summed E-state index contributed by atoms with van der Waals surface area (Å²) in [5, 5.41) is 151. The number of allylic oxidation sites excluding steroid dienone is 2. The first-order chi connectivity index (χ1) is 35.1. The first-order valence-electron chi connectivity index (χ1n) is 27.3. The molecule has 8 fully saturated rings. The maximum Gasteiger partial charge on any atom is 0.187 e. The summed E-state index contributed by atoms with van der Waals surface area (Å²) < 4.78 is 48.8. The summed E-state index contributed by atoms with van der Waals surface area (Å²) in [5.41, 5.74) is -1.52. The number of fused-ring (bicyclic) bond motifs is 5. The highest BCUT2D eigenvalue weighted by atomic mass is 16.8. The highest BCUT2D eigenvalue weighted by Crippen LogP contribution is 2.76. The summed E-state index contributed by atoms with van der Waals surface area (Å²) in [5.74, 6) is -0.431. The molecule has 4 saturated heterocycles. The van der Waals surface area contributed by atoms with Gasteiger partial charge in [0.05, 0.1) is 44.2 Å². The van der Waals surface area contributed by atoms with E-state index >= 15 is 0 Å². The monoisotopic (exact) mass is 1080 g/mol. The lowest BCUT2D eigenvalue weighted by Crippen LogP contribution is -2.68. The molecule has 22 nitrogen and oxygen atoms in total. The van der Waals surface area contributed by atoms with Gasteiger partial charge in [0.1, 0.15) is 91.6 Å². The second-order valence-electron chi connectivity index (χ2n) is 25.3. The lowest BCUT2D eigenvalue weighted by atomic mass is 9.35. The fourth-order valence-electron chi connectivity index (χ4n) is 16.0. The van der Waals surface area contributed by atoms with Crippen molar-refractivity contribution in [2.24, 2.45) is 45.3 Å². The van der Waals surface area contributed by atoms with Gasteiger partial charge in [0.25, 0.3) is 0 Å². The van der Waals surface area contributed by atoms with Gasteiger partial charge in [-0.25, -0.2) is 0 Å². The highest BCUT2D eigenvalue weighted by Gasteiger charge is 2.72. The van der Waals surface area contributed by atoms with Crippen molar-refractivity contribution in [1.29, 1.82) is 0 Å². The summed E-state index contributed by atoms with van der Waals surface area (Å²) in [4.78, 5) is 0. The fraction of sp³-hybridized carbons (Fsp3) is 0.962. The lowest BCUT2D eigenvalue weighted by Gasteiger charge is -2.71. The molecule has 29 atom stereocenters. The molecule has 4 heterocycles. The van der Waals surface area contributed by atoms with Gasteiger partial charge in [0.2, 0.25) is 0 Å². The molecule has 0 aromatic carbocycles. The van der Waals surface area contributed by atoms with Crippen LogP contribution in [0.3, 0.4) is 0 Å². The van der Waals surface area contributed by atoms with Crippen molar-refractivity contribution in [2.75, 3.05) is 26.4 Å². The van der Waals surface area contributed by atoms with E-state index in [9.17, 15) is 71.5 Å². The molecule has 0 amide bonds. The van der Waals surface area contributed by atoms with Crippen molar-refractivity contribution in [1.82, 2.24) is 0 Å². The molecule has 0 aromatic heterocycles. The Labute approximate surface area is 439 Å². The van der Waals surface area contributed by atoms with Crippen LogP contribution < -0.4 is 0 Å². The number of ether oxygens (including phenoxy) is 8. The molecule has 8 aliphatic rings. The lowest BCUT2D eigenvalue weighted by molar-refractivity contribution is -0.382. The smallest absolute Gasteiger partial charge is 0.187 e. The van der Waals surface area contributed by atoms with E-state index < -0.39 is 165 Å². The van der Waals surface area contributed by atoms with Gasteiger partial charge in [-0.1, -0.05) is 46.3 Å². The van der Waals surface area contributed by atoms with Gasteiger partial charge in [0.15, 0.2) is 25.2 Å². The van der Waals surface area contributed by atoms with Gasteiger partial charge >= 0.3 is 0 Å². The topological polar surface area (TPSA) is 357 Å². The third-order valence-electron chi connectivity index (χ3n) is 20.5. The Morgan fingerprint density at radius 1 is 0.587 bits per heavy atom. The molecule has 0 bridgehead atoms. The van der Waals surface area contributed by atoms with Gasteiger partial charge in [-0.05, 0) is 124 Å². The van der Waals surface area contributed by atoms with Gasteiger partial charge in [-0.15, -0.1) is 0 Å². The molecule has 8 rings (SSSR count). The quantitative estimate of drug-likeness (QED) is 0.0651. The SMILES string of the molecule is CC(C)=CCC[C@](C)(OC1OC(CO)C(O)C(O)C1OC1OC(CO)C(O)C(O)C1O)C1CC[C@]2(C)C1C(O)CC1[C@@]3(C)CCC(OC4OC(COC5OCC(O)C(O)C5O)C(O)C(O)C4O)C(C)(C)C3CC[C@]12C. The van der Waals surface area contributed by atoms with E-state index in [0.29, 0.717) is 38.5 Å². The van der Waals surface area contributed by atoms with Crippen LogP contribution in [0.2, 0.25) is 0 Å². The molecule has 0 aromatic rings. The van der Waals surface area contributed by atoms with Gasteiger partial charge in [-0.2, -0.15) is 0 Å². The zero-order chi connectivity index (χ0) is 55.1. The Morgan fingerprint density at radius 2 is 1.15 bits per heavy atom. The van der Waals surface area contributed by atoms with Crippen LogP contribution in [0.1, 0.15) is 113 Å². The number of hydrogen-bond acceptors (Lipinski definition) is 22. The Bertz CT molecular complexity index is 1940. The molecule has 0 radical (unpaired) electrons. The van der Waals surface area contributed by atoms with E-state index in [1.54, 1.807) is 0 Å². The van der Waals surface area contributed by atoms with Crippen LogP contribution in [0, 0.1) is 45.3 Å². The summed E-state index contributed by atoms with van der Waals surface area (Å²) >= 11 is 0. The predicted octanol–water partition coefficient (Wildman–Crippen LogP) is -1.56. The average Bonchev–Trinajstić information content (AvgIpc) is 3.75. The summed E-state index contributed by atoms with van der Waals surface area (Å²) in [6.07, 6.45) is -22.7. The fourth-order valence-corrected chi connectivity index (χ4v) is 16.0. The molecule has 25 unspecified atom stereocenters. The Kier molecular flexibility index (Phi) is 18.1. The maximum absolute atomic E-state index is 12.9. The van der Waals surface area contributed by atoms with E-state index in [1.807, 2.05) is 20.8 Å². The van der Waals surface area contributed by atoms with Crippen molar-refractivity contribution in [3.8, 4) is 0 Å². The van der Waals surface area contributed by atoms with Crippen molar-refractivity contribution in [3.63, 3.8) is 0 Å². The van der Waals surface area contributed by atoms with Crippen LogP contribution in [0.25, 0.3) is 0 Å². The van der Waals surface area contributed by atoms with Crippen molar-refractivity contribution >= 4 is 0 Å². The molecule has 4 aliphatic heterocycles. The van der Waals surface area contributed by atoms with E-state index in [4.69, 9.17) is 37.9 Å². The molecule has 22 heteroatoms. The number of hydrogen-bond donors (Lipinski definition) is 14. The highest BCUT2D eigenvalue weighted by molar-refractivity contribution is 5.20. The third-order valence-corrected chi connectivity index (χ3v) is 20.5. The molecule has 434 valence electrons. The summed E-state index contributed by atoms with van der Waals surface area (Å²) in [6.45, 7) is 15.1. The minimum Gasteiger partial charge on any atom is -0.394 e. The zero-order valence-electron chi connectivity index (χ0n) is 44.7. The molecule has 4 aliphatic carbocycles. The Morgan fingerprint density at radius 3 is 1.77 bits per heavy atom. The van der Waals surface area contributed by atoms with Crippen LogP contribution in [0.5, 0.6) is 0 Å². The number of rotatable bonds is 15. The van der Waals surface area contributed by atoms with Crippen LogP contribution in [0.4, 0.5) is 0 Å². The minimum atomic E-state index is -1.84. The standard InChI is InChI=1S/C53H90O22/c1-23(2)10-9-14-53(8,75-48-44(40(64)36(60)28(20-55)71-48)74-47-43(67)38(62)35(59)27(19-54)70-47)24-11-16-52(7)33(24)25(56)18-31-50(5)15-13-32(49(3,4)30(50)12-17-51(31,52)6)73-46-42(66)39(63)37(61)29(72-46)22-69-45-41(65)34(58)26(57)21-68-45/h10,24-48,54-67H,9,11-22H2,1-8H3/t24?,25?,26?,27?,28?,29?,30?,31?,32?,33?,34?,35?,36?,37?,38?,39?,40?,41?,42?,43?,44?,45?,46?,47?,48?,50-,51+,52+,53-/m0/s1. The zero-order valence-corrected chi connectivity index (χ0v) is 44.7. The van der Waals surface area contributed by atoms with Gasteiger partial charge < -0.3 is 109 Å². The molecular weight excluding hydrogens is 989 g/mol. The summed E-state index contributed by atoms with van der Waals surface area (Å²) in [7, 11) is 0. The van der Waals surface area contributed by atoms with Crippen LogP contribution in [-0.4, -0.2) is 232 Å². The normalized spacial score (nSPS) is 52.7. The molecule has 75 heavy (non-hydrogen) atoms. The first-order valence-corrected chi connectivity index (χ1v) is 27.3. The molecule has 0 spiro atoms. The third kappa shape index (κ3) is 10.6. The number of aliphatic hydroxyl groups excluding tert-OH is 14. The van der Waals surface area contributed by atoms with E-state index in [0.717, 1.165) is 24.8 Å². The molecular formula is C53H90O22.